The van der Waals surface area contributed by atoms with E-state index in [1.54, 1.807) is 0 Å². The van der Waals surface area contributed by atoms with Gasteiger partial charge in [-0.25, -0.2) is 0 Å². The quantitative estimate of drug-likeness (QED) is 0.430. The van der Waals surface area contributed by atoms with Crippen LogP contribution in [-0.2, 0) is 0 Å². The standard InChI is InChI=1S/C5H13NO2.H2O/c1-2-5(6,3-7)4-8;/h7-8H,2-4,6H2,1H3;1H2. The van der Waals surface area contributed by atoms with Crippen LogP contribution in [-0.4, -0.2) is 34.4 Å². The van der Waals surface area contributed by atoms with Gasteiger partial charge >= 0.3 is 0 Å². The molecular formula is C5H15NO3. The van der Waals surface area contributed by atoms with Crippen molar-refractivity contribution < 1.29 is 15.7 Å². The third kappa shape index (κ3) is 3.42. The highest BCUT2D eigenvalue weighted by atomic mass is 16.3. The van der Waals surface area contributed by atoms with Crippen LogP contribution in [0.4, 0.5) is 0 Å². The molecule has 4 nitrogen and oxygen atoms in total. The van der Waals surface area contributed by atoms with E-state index in [9.17, 15) is 0 Å². The molecule has 0 heterocycles. The van der Waals surface area contributed by atoms with E-state index >= 15 is 0 Å². The fourth-order valence-electron chi connectivity index (χ4n) is 0.274. The number of hydrogen-bond acceptors (Lipinski definition) is 3. The second-order valence-electron chi connectivity index (χ2n) is 2.03. The molecule has 0 fully saturated rings. The summed E-state index contributed by atoms with van der Waals surface area (Å²) in [5.41, 5.74) is 4.63. The highest BCUT2D eigenvalue weighted by Gasteiger charge is 2.19. The number of rotatable bonds is 3. The Hall–Kier alpha value is -0.160. The maximum Gasteiger partial charge on any atom is 0.0633 e. The van der Waals surface area contributed by atoms with Gasteiger partial charge < -0.3 is 21.4 Å². The molecule has 9 heavy (non-hydrogen) atoms. The van der Waals surface area contributed by atoms with Gasteiger partial charge in [-0.1, -0.05) is 6.92 Å². The summed E-state index contributed by atoms with van der Waals surface area (Å²) < 4.78 is 0. The summed E-state index contributed by atoms with van der Waals surface area (Å²) in [7, 11) is 0. The first-order chi connectivity index (χ1) is 3.68. The average Bonchev–Trinajstić information content (AvgIpc) is 1.87. The van der Waals surface area contributed by atoms with E-state index in [4.69, 9.17) is 15.9 Å². The van der Waals surface area contributed by atoms with Crippen molar-refractivity contribution in [3.05, 3.63) is 0 Å². The van der Waals surface area contributed by atoms with Crippen molar-refractivity contribution in [2.75, 3.05) is 13.2 Å². The number of aliphatic hydroxyl groups is 2. The molecule has 0 aliphatic heterocycles. The van der Waals surface area contributed by atoms with Crippen LogP contribution in [0.3, 0.4) is 0 Å². The SMILES string of the molecule is CCC(N)(CO)CO.O. The first-order valence-corrected chi connectivity index (χ1v) is 2.69. The maximum absolute atomic E-state index is 8.50. The minimum atomic E-state index is -0.764. The second-order valence-corrected chi connectivity index (χ2v) is 2.03. The Morgan fingerprint density at radius 2 is 1.67 bits per heavy atom. The van der Waals surface area contributed by atoms with Crippen molar-refractivity contribution >= 4 is 0 Å². The molecule has 0 saturated heterocycles. The lowest BCUT2D eigenvalue weighted by atomic mass is 10.0. The van der Waals surface area contributed by atoms with E-state index in [1.165, 1.54) is 0 Å². The molecule has 0 spiro atoms. The predicted molar refractivity (Wildman–Crippen MR) is 35.0 cm³/mol. The number of aliphatic hydroxyl groups excluding tert-OH is 2. The van der Waals surface area contributed by atoms with E-state index in [0.717, 1.165) is 0 Å². The van der Waals surface area contributed by atoms with Gasteiger partial charge in [-0.3, -0.25) is 0 Å². The van der Waals surface area contributed by atoms with E-state index in [0.29, 0.717) is 6.42 Å². The minimum Gasteiger partial charge on any atom is -0.412 e. The minimum absolute atomic E-state index is 0. The molecule has 6 N–H and O–H groups in total. The molecule has 0 aromatic heterocycles. The van der Waals surface area contributed by atoms with Crippen LogP contribution in [0, 0.1) is 0 Å². The molecule has 0 aromatic carbocycles. The molecule has 0 bridgehead atoms. The molecule has 0 aliphatic carbocycles. The molecule has 0 amide bonds. The Kier molecular flexibility index (Phi) is 6.06. The van der Waals surface area contributed by atoms with E-state index < -0.39 is 5.54 Å². The molecule has 0 aromatic rings. The molecular weight excluding hydrogens is 122 g/mol. The van der Waals surface area contributed by atoms with Crippen LogP contribution in [0.15, 0.2) is 0 Å². The lowest BCUT2D eigenvalue weighted by molar-refractivity contribution is 0.118. The maximum atomic E-state index is 8.50. The Balaban J connectivity index is 0. The van der Waals surface area contributed by atoms with Gasteiger partial charge in [0.2, 0.25) is 0 Å². The Morgan fingerprint density at radius 3 is 1.67 bits per heavy atom. The average molecular weight is 137 g/mol. The summed E-state index contributed by atoms with van der Waals surface area (Å²) in [6, 6.07) is 0. The highest BCUT2D eigenvalue weighted by molar-refractivity contribution is 4.79. The van der Waals surface area contributed by atoms with E-state index in [2.05, 4.69) is 0 Å². The second kappa shape index (κ2) is 4.69. The monoisotopic (exact) mass is 137 g/mol. The van der Waals surface area contributed by atoms with Crippen LogP contribution in [0.5, 0.6) is 0 Å². The van der Waals surface area contributed by atoms with Gasteiger partial charge in [-0.15, -0.1) is 0 Å². The first-order valence-electron chi connectivity index (χ1n) is 2.69. The van der Waals surface area contributed by atoms with Gasteiger partial charge in [0.15, 0.2) is 0 Å². The zero-order chi connectivity index (χ0) is 6.62. The van der Waals surface area contributed by atoms with Gasteiger partial charge in [0.25, 0.3) is 0 Å². The van der Waals surface area contributed by atoms with Crippen molar-refractivity contribution in [1.29, 1.82) is 0 Å². The summed E-state index contributed by atoms with van der Waals surface area (Å²) in [5.74, 6) is 0. The summed E-state index contributed by atoms with van der Waals surface area (Å²) in [6.45, 7) is 1.52. The van der Waals surface area contributed by atoms with Crippen molar-refractivity contribution in [3.8, 4) is 0 Å². The molecule has 0 aliphatic rings. The third-order valence-electron chi connectivity index (χ3n) is 1.33. The third-order valence-corrected chi connectivity index (χ3v) is 1.33. The summed E-state index contributed by atoms with van der Waals surface area (Å²) >= 11 is 0. The molecule has 0 atom stereocenters. The first kappa shape index (κ1) is 11.6. The molecule has 0 unspecified atom stereocenters. The molecule has 0 radical (unpaired) electrons. The van der Waals surface area contributed by atoms with E-state index in [-0.39, 0.29) is 18.7 Å². The summed E-state index contributed by atoms with van der Waals surface area (Å²) in [5, 5.41) is 17.0. The van der Waals surface area contributed by atoms with Crippen molar-refractivity contribution in [3.63, 3.8) is 0 Å². The molecule has 4 heteroatoms. The normalized spacial score (nSPS) is 10.7. The van der Waals surface area contributed by atoms with Gasteiger partial charge in [-0.05, 0) is 6.42 Å². The highest BCUT2D eigenvalue weighted by Crippen LogP contribution is 2.01. The predicted octanol–water partition coefficient (Wildman–Crippen LogP) is -1.75. The van der Waals surface area contributed by atoms with Crippen molar-refractivity contribution in [2.45, 2.75) is 18.9 Å². The van der Waals surface area contributed by atoms with Gasteiger partial charge in [0, 0.05) is 0 Å². The van der Waals surface area contributed by atoms with Crippen LogP contribution >= 0.6 is 0 Å². The lowest BCUT2D eigenvalue weighted by Crippen LogP contribution is -2.46. The Labute approximate surface area is 54.6 Å². The lowest BCUT2D eigenvalue weighted by Gasteiger charge is -2.21. The van der Waals surface area contributed by atoms with Crippen LogP contribution in [0.25, 0.3) is 0 Å². The smallest absolute Gasteiger partial charge is 0.0633 e. The Morgan fingerprint density at radius 1 is 1.33 bits per heavy atom. The van der Waals surface area contributed by atoms with Crippen LogP contribution in [0.1, 0.15) is 13.3 Å². The van der Waals surface area contributed by atoms with Crippen molar-refractivity contribution in [2.24, 2.45) is 5.73 Å². The largest absolute Gasteiger partial charge is 0.412 e. The van der Waals surface area contributed by atoms with Crippen LogP contribution < -0.4 is 5.73 Å². The topological polar surface area (TPSA) is 98.0 Å². The van der Waals surface area contributed by atoms with Crippen LogP contribution in [0.2, 0.25) is 0 Å². The molecule has 0 rings (SSSR count). The number of nitrogens with two attached hydrogens (primary N) is 1. The fraction of sp³-hybridized carbons (Fsp3) is 1.00. The van der Waals surface area contributed by atoms with Gasteiger partial charge in [-0.2, -0.15) is 0 Å². The zero-order valence-corrected chi connectivity index (χ0v) is 5.59. The summed E-state index contributed by atoms with van der Waals surface area (Å²) in [4.78, 5) is 0. The van der Waals surface area contributed by atoms with E-state index in [1.807, 2.05) is 6.92 Å². The van der Waals surface area contributed by atoms with Gasteiger partial charge in [0.1, 0.15) is 0 Å². The molecule has 0 saturated carbocycles. The Bertz CT molecular complexity index is 55.0. The molecule has 58 valence electrons. The van der Waals surface area contributed by atoms with Gasteiger partial charge in [0.05, 0.1) is 18.8 Å². The summed E-state index contributed by atoms with van der Waals surface area (Å²) in [6.07, 6.45) is 0.597. The zero-order valence-electron chi connectivity index (χ0n) is 5.59. The van der Waals surface area contributed by atoms with Crippen molar-refractivity contribution in [1.82, 2.24) is 0 Å². The fourth-order valence-corrected chi connectivity index (χ4v) is 0.274. The number of hydrogen-bond donors (Lipinski definition) is 3.